The molecular weight excluding hydrogens is 92.1 g/mol. The van der Waals surface area contributed by atoms with E-state index in [9.17, 15) is 0 Å². The molecule has 0 aromatic heterocycles. The fraction of sp³-hybridized carbons (Fsp3) is 0.500. The molecule has 1 heterocycles. The lowest BCUT2D eigenvalue weighted by atomic mass is 10.4. The second kappa shape index (κ2) is 1.71. The van der Waals surface area contributed by atoms with Crippen LogP contribution in [0.25, 0.3) is 0 Å². The van der Waals surface area contributed by atoms with Crippen molar-refractivity contribution in [1.82, 2.24) is 0 Å². The van der Waals surface area contributed by atoms with Crippen LogP contribution in [0.2, 0.25) is 0 Å². The number of hydrogen-bond acceptors (Lipinski definition) is 3. The summed E-state index contributed by atoms with van der Waals surface area (Å²) in [7, 11) is 0. The molecule has 3 nitrogen and oxygen atoms in total. The molecule has 0 saturated carbocycles. The van der Waals surface area contributed by atoms with Gasteiger partial charge in [0.25, 0.3) is 0 Å². The van der Waals surface area contributed by atoms with Crippen LogP contribution in [0.1, 0.15) is 0 Å². The molecule has 0 amide bonds. The van der Waals surface area contributed by atoms with Gasteiger partial charge < -0.3 is 4.74 Å². The van der Waals surface area contributed by atoms with Crippen molar-refractivity contribution < 1.29 is 4.74 Å². The number of nitriles is 1. The zero-order chi connectivity index (χ0) is 5.11. The molecule has 35 valence electrons. The fourth-order valence-corrected chi connectivity index (χ4v) is 0.335. The van der Waals surface area contributed by atoms with Crippen molar-refractivity contribution in [2.45, 2.75) is 6.10 Å². The molecule has 0 aromatic carbocycles. The van der Waals surface area contributed by atoms with Gasteiger partial charge in [0, 0.05) is 0 Å². The monoisotopic (exact) mass is 95.0 g/mol. The molecule has 0 saturated heterocycles. The predicted octanol–water partition coefficient (Wildman–Crippen LogP) is -0.186. The van der Waals surface area contributed by atoms with E-state index in [0.29, 0.717) is 0 Å². The number of ether oxygens (including phenoxy) is 1. The number of hydrogen-bond donors (Lipinski definition) is 0. The van der Waals surface area contributed by atoms with E-state index in [1.54, 1.807) is 0 Å². The van der Waals surface area contributed by atoms with Crippen molar-refractivity contribution in [1.29, 1.82) is 5.26 Å². The summed E-state index contributed by atoms with van der Waals surface area (Å²) in [5.74, 6) is 0. The van der Waals surface area contributed by atoms with E-state index in [2.05, 4.69) is 15.9 Å². The number of rotatable bonds is 0. The van der Waals surface area contributed by atoms with E-state index in [0.717, 1.165) is 0 Å². The first-order valence-electron chi connectivity index (χ1n) is 1.87. The van der Waals surface area contributed by atoms with E-state index in [1.165, 1.54) is 0 Å². The van der Waals surface area contributed by atoms with Gasteiger partial charge in [0.15, 0.2) is 6.10 Å². The third kappa shape index (κ3) is 0.756. The Morgan fingerprint density at radius 3 is 3.14 bits per heavy atom. The van der Waals surface area contributed by atoms with Crippen LogP contribution in [0, 0.1) is 11.3 Å². The van der Waals surface area contributed by atoms with Gasteiger partial charge >= 0.3 is 0 Å². The van der Waals surface area contributed by atoms with Crippen LogP contribution >= 0.6 is 0 Å². The van der Waals surface area contributed by atoms with Gasteiger partial charge in [-0.2, -0.15) is 5.26 Å². The third-order valence-corrected chi connectivity index (χ3v) is 0.632. The minimum atomic E-state index is -0.514. The minimum absolute atomic E-state index is 0.290. The van der Waals surface area contributed by atoms with Crippen LogP contribution in [0.4, 0.5) is 0 Å². The summed E-state index contributed by atoms with van der Waals surface area (Å²) < 4.78 is 4.66. The average molecular weight is 95.1 g/mol. The Morgan fingerprint density at radius 1 is 2.00 bits per heavy atom. The van der Waals surface area contributed by atoms with Gasteiger partial charge in [0.1, 0.15) is 19.0 Å². The maximum Gasteiger partial charge on any atom is 0.189 e. The SMILES string of the molecule is N#CC1[C]=NCO1. The van der Waals surface area contributed by atoms with Gasteiger partial charge in [0.05, 0.1) is 0 Å². The summed E-state index contributed by atoms with van der Waals surface area (Å²) in [6, 6.07) is 1.84. The minimum Gasteiger partial charge on any atom is -0.335 e. The van der Waals surface area contributed by atoms with Gasteiger partial charge in [-0.15, -0.1) is 0 Å². The van der Waals surface area contributed by atoms with E-state index in [-0.39, 0.29) is 6.73 Å². The van der Waals surface area contributed by atoms with E-state index in [1.807, 2.05) is 6.07 Å². The van der Waals surface area contributed by atoms with Crippen molar-refractivity contribution in [3.63, 3.8) is 0 Å². The first-order valence-corrected chi connectivity index (χ1v) is 1.87. The largest absolute Gasteiger partial charge is 0.335 e. The van der Waals surface area contributed by atoms with Crippen LogP contribution in [-0.4, -0.2) is 19.0 Å². The lowest BCUT2D eigenvalue weighted by Crippen LogP contribution is -2.02. The van der Waals surface area contributed by atoms with Gasteiger partial charge in [-0.1, -0.05) is 0 Å². The quantitative estimate of drug-likeness (QED) is 0.418. The maximum atomic E-state index is 8.07. The first kappa shape index (κ1) is 4.28. The Morgan fingerprint density at radius 2 is 2.86 bits per heavy atom. The zero-order valence-electron chi connectivity index (χ0n) is 3.59. The Balaban J connectivity index is 2.47. The summed E-state index contributed by atoms with van der Waals surface area (Å²) in [5, 5.41) is 8.07. The lowest BCUT2D eigenvalue weighted by molar-refractivity contribution is 0.162. The number of nitrogens with zero attached hydrogens (tertiary/aromatic N) is 2. The Bertz CT molecular complexity index is 124. The van der Waals surface area contributed by atoms with Gasteiger partial charge in [0.2, 0.25) is 0 Å². The van der Waals surface area contributed by atoms with Crippen molar-refractivity contribution in [3.05, 3.63) is 0 Å². The van der Waals surface area contributed by atoms with Crippen LogP contribution in [0.5, 0.6) is 0 Å². The van der Waals surface area contributed by atoms with Crippen LogP contribution in [0.15, 0.2) is 4.99 Å². The van der Waals surface area contributed by atoms with E-state index >= 15 is 0 Å². The first-order chi connectivity index (χ1) is 3.43. The van der Waals surface area contributed by atoms with Crippen LogP contribution in [0.3, 0.4) is 0 Å². The maximum absolute atomic E-state index is 8.07. The summed E-state index contributed by atoms with van der Waals surface area (Å²) in [4.78, 5) is 3.54. The van der Waals surface area contributed by atoms with Crippen LogP contribution in [-0.2, 0) is 4.74 Å². The van der Waals surface area contributed by atoms with Crippen molar-refractivity contribution >= 4 is 6.21 Å². The molecule has 0 N–H and O–H groups in total. The summed E-state index contributed by atoms with van der Waals surface area (Å²) >= 11 is 0. The molecule has 0 spiro atoms. The molecule has 0 fully saturated rings. The molecule has 3 heteroatoms. The van der Waals surface area contributed by atoms with Gasteiger partial charge in [-0.25, -0.2) is 0 Å². The highest BCUT2D eigenvalue weighted by Gasteiger charge is 2.07. The highest BCUT2D eigenvalue weighted by atomic mass is 16.5. The van der Waals surface area contributed by atoms with Crippen molar-refractivity contribution in [3.8, 4) is 6.07 Å². The smallest absolute Gasteiger partial charge is 0.189 e. The Labute approximate surface area is 41.2 Å². The molecule has 1 atom stereocenters. The molecular formula is C4H3N2O. The van der Waals surface area contributed by atoms with Crippen LogP contribution < -0.4 is 0 Å². The molecule has 1 unspecified atom stereocenters. The van der Waals surface area contributed by atoms with Crippen molar-refractivity contribution in [2.24, 2.45) is 4.99 Å². The van der Waals surface area contributed by atoms with E-state index in [4.69, 9.17) is 5.26 Å². The molecule has 0 bridgehead atoms. The summed E-state index contributed by atoms with van der Waals surface area (Å²) in [6.45, 7) is 0.290. The van der Waals surface area contributed by atoms with Gasteiger partial charge in [-0.3, -0.25) is 4.99 Å². The van der Waals surface area contributed by atoms with Crippen molar-refractivity contribution in [2.75, 3.05) is 6.73 Å². The predicted molar refractivity (Wildman–Crippen MR) is 22.8 cm³/mol. The number of aliphatic imine (C=N–C) groups is 1. The van der Waals surface area contributed by atoms with Gasteiger partial charge in [-0.05, 0) is 0 Å². The average Bonchev–Trinajstić information content (AvgIpc) is 2.14. The lowest BCUT2D eigenvalue weighted by Gasteiger charge is -1.87. The normalized spacial score (nSPS) is 27.6. The summed E-state index contributed by atoms with van der Waals surface area (Å²) in [5.41, 5.74) is 0. The molecule has 7 heavy (non-hydrogen) atoms. The zero-order valence-corrected chi connectivity index (χ0v) is 3.59. The molecule has 0 aromatic rings. The third-order valence-electron chi connectivity index (χ3n) is 0.632. The highest BCUT2D eigenvalue weighted by Crippen LogP contribution is 1.93. The Hall–Kier alpha value is -0.880. The molecule has 0 aliphatic carbocycles. The molecule has 1 radical (unpaired) electrons. The molecule has 1 rings (SSSR count). The fourth-order valence-electron chi connectivity index (χ4n) is 0.335. The highest BCUT2D eigenvalue weighted by molar-refractivity contribution is 5.67. The second-order valence-corrected chi connectivity index (χ2v) is 1.09. The second-order valence-electron chi connectivity index (χ2n) is 1.09. The Kier molecular flexibility index (Phi) is 1.05. The molecule has 1 aliphatic rings. The van der Waals surface area contributed by atoms with E-state index < -0.39 is 6.10 Å². The topological polar surface area (TPSA) is 45.4 Å². The standard InChI is InChI=1S/C4H3N2O/c5-1-4-2-6-3-7-4/h4H,3H2. The summed E-state index contributed by atoms with van der Waals surface area (Å²) in [6.07, 6.45) is 1.93. The molecule has 1 aliphatic heterocycles.